The molecule has 176 valence electrons. The van der Waals surface area contributed by atoms with Crippen LogP contribution in [0.25, 0.3) is 0 Å². The Bertz CT molecular complexity index is 1010. The van der Waals surface area contributed by atoms with E-state index in [2.05, 4.69) is 5.32 Å². The molecule has 0 spiro atoms. The average molecular weight is 489 g/mol. The second-order valence-electron chi connectivity index (χ2n) is 8.36. The van der Waals surface area contributed by atoms with Gasteiger partial charge in [-0.15, -0.1) is 11.8 Å². The molecular weight excluding hydrogens is 460 g/mol. The molecule has 6 nitrogen and oxygen atoms in total. The molecule has 1 saturated carbocycles. The van der Waals surface area contributed by atoms with Crippen molar-refractivity contribution in [1.82, 2.24) is 4.90 Å². The van der Waals surface area contributed by atoms with Gasteiger partial charge in [0, 0.05) is 36.5 Å². The van der Waals surface area contributed by atoms with Gasteiger partial charge in [-0.1, -0.05) is 43.0 Å². The highest BCUT2D eigenvalue weighted by molar-refractivity contribution is 8.00. The molecule has 1 fully saturated rings. The molecule has 0 atom stereocenters. The molecule has 8 heteroatoms. The van der Waals surface area contributed by atoms with E-state index < -0.39 is 0 Å². The van der Waals surface area contributed by atoms with E-state index in [1.807, 2.05) is 30.1 Å². The molecule has 0 aromatic heterocycles. The van der Waals surface area contributed by atoms with Gasteiger partial charge in [0.2, 0.25) is 5.91 Å². The molecule has 2 aromatic carbocycles. The molecule has 2 aromatic rings. The first-order chi connectivity index (χ1) is 16.0. The van der Waals surface area contributed by atoms with Crippen LogP contribution in [-0.4, -0.2) is 48.8 Å². The summed E-state index contributed by atoms with van der Waals surface area (Å²) >= 11 is 7.78. The van der Waals surface area contributed by atoms with Gasteiger partial charge in [-0.2, -0.15) is 0 Å². The summed E-state index contributed by atoms with van der Waals surface area (Å²) < 4.78 is 11.4. The maximum atomic E-state index is 13.1. The van der Waals surface area contributed by atoms with Gasteiger partial charge in [-0.3, -0.25) is 9.59 Å². The minimum Gasteiger partial charge on any atom is -0.490 e. The number of amides is 2. The minimum absolute atomic E-state index is 0.0908. The molecule has 0 saturated heterocycles. The van der Waals surface area contributed by atoms with Crippen LogP contribution in [-0.2, 0) is 4.79 Å². The maximum absolute atomic E-state index is 13.1. The number of benzene rings is 2. The van der Waals surface area contributed by atoms with Crippen molar-refractivity contribution in [3.8, 4) is 11.5 Å². The fourth-order valence-electron chi connectivity index (χ4n) is 4.16. The SMILES string of the molecule is CN(C(=O)CSc1ccccc1C(=O)Nc1cc2c(cc1Cl)OCCCO2)C1CCCCC1. The van der Waals surface area contributed by atoms with Crippen molar-refractivity contribution in [2.45, 2.75) is 49.5 Å². The Morgan fingerprint density at radius 2 is 1.76 bits per heavy atom. The van der Waals surface area contributed by atoms with Crippen molar-refractivity contribution in [2.24, 2.45) is 0 Å². The molecular formula is C25H29ClN2O4S. The van der Waals surface area contributed by atoms with E-state index in [-0.39, 0.29) is 11.8 Å². The van der Waals surface area contributed by atoms with Gasteiger partial charge in [-0.25, -0.2) is 0 Å². The van der Waals surface area contributed by atoms with E-state index in [1.54, 1.807) is 18.2 Å². The number of anilines is 1. The van der Waals surface area contributed by atoms with E-state index in [0.717, 1.165) is 24.2 Å². The fourth-order valence-corrected chi connectivity index (χ4v) is 5.34. The summed E-state index contributed by atoms with van der Waals surface area (Å²) in [6.07, 6.45) is 6.54. The first-order valence-corrected chi connectivity index (χ1v) is 12.8. The van der Waals surface area contributed by atoms with Gasteiger partial charge in [0.25, 0.3) is 5.91 Å². The van der Waals surface area contributed by atoms with Crippen LogP contribution in [0, 0.1) is 0 Å². The van der Waals surface area contributed by atoms with Gasteiger partial charge in [0.15, 0.2) is 11.5 Å². The number of nitrogens with one attached hydrogen (secondary N) is 1. The van der Waals surface area contributed by atoms with Crippen LogP contribution in [0.3, 0.4) is 0 Å². The number of carbonyl (C=O) groups is 2. The topological polar surface area (TPSA) is 67.9 Å². The smallest absolute Gasteiger partial charge is 0.256 e. The highest BCUT2D eigenvalue weighted by Gasteiger charge is 2.23. The summed E-state index contributed by atoms with van der Waals surface area (Å²) in [5.74, 6) is 1.23. The molecule has 33 heavy (non-hydrogen) atoms. The molecule has 2 amide bonds. The highest BCUT2D eigenvalue weighted by atomic mass is 35.5. The summed E-state index contributed by atoms with van der Waals surface area (Å²) in [5, 5.41) is 3.26. The van der Waals surface area contributed by atoms with Crippen LogP contribution >= 0.6 is 23.4 Å². The molecule has 0 unspecified atom stereocenters. The monoisotopic (exact) mass is 488 g/mol. The Labute approximate surface area is 204 Å². The zero-order valence-electron chi connectivity index (χ0n) is 18.8. The van der Waals surface area contributed by atoms with E-state index in [9.17, 15) is 9.59 Å². The minimum atomic E-state index is -0.289. The van der Waals surface area contributed by atoms with Gasteiger partial charge >= 0.3 is 0 Å². The number of rotatable bonds is 6. The molecule has 2 aliphatic rings. The van der Waals surface area contributed by atoms with Crippen LogP contribution in [0.5, 0.6) is 11.5 Å². The quantitative estimate of drug-likeness (QED) is 0.533. The van der Waals surface area contributed by atoms with Gasteiger partial charge in [0.05, 0.1) is 35.2 Å². The molecule has 0 radical (unpaired) electrons. The van der Waals surface area contributed by atoms with E-state index >= 15 is 0 Å². The number of thioether (sulfide) groups is 1. The largest absolute Gasteiger partial charge is 0.490 e. The second kappa shape index (κ2) is 11.2. The number of nitrogens with zero attached hydrogens (tertiary/aromatic N) is 1. The third-order valence-corrected chi connectivity index (χ3v) is 7.46. The van der Waals surface area contributed by atoms with Gasteiger partial charge < -0.3 is 19.7 Å². The van der Waals surface area contributed by atoms with Crippen molar-refractivity contribution in [2.75, 3.05) is 31.3 Å². The predicted molar refractivity (Wildman–Crippen MR) is 132 cm³/mol. The van der Waals surface area contributed by atoms with Crippen LogP contribution in [0.1, 0.15) is 48.9 Å². The van der Waals surface area contributed by atoms with E-state index in [4.69, 9.17) is 21.1 Å². The first-order valence-electron chi connectivity index (χ1n) is 11.4. The second-order valence-corrected chi connectivity index (χ2v) is 9.79. The lowest BCUT2D eigenvalue weighted by Crippen LogP contribution is -2.39. The third-order valence-electron chi connectivity index (χ3n) is 6.08. The predicted octanol–water partition coefficient (Wildman–Crippen LogP) is 5.64. The van der Waals surface area contributed by atoms with E-state index in [1.165, 1.54) is 31.0 Å². The molecule has 1 heterocycles. The van der Waals surface area contributed by atoms with Crippen molar-refractivity contribution in [3.63, 3.8) is 0 Å². The highest BCUT2D eigenvalue weighted by Crippen LogP contribution is 2.38. The number of hydrogen-bond acceptors (Lipinski definition) is 5. The number of carbonyl (C=O) groups excluding carboxylic acids is 2. The summed E-state index contributed by atoms with van der Waals surface area (Å²) in [5.41, 5.74) is 0.956. The Hall–Kier alpha value is -2.38. The lowest BCUT2D eigenvalue weighted by molar-refractivity contribution is -0.129. The number of halogens is 1. The first kappa shape index (κ1) is 23.8. The Balaban J connectivity index is 1.43. The van der Waals surface area contributed by atoms with Crippen molar-refractivity contribution < 1.29 is 19.1 Å². The number of fused-ring (bicyclic) bond motifs is 1. The molecule has 0 bridgehead atoms. The van der Waals surface area contributed by atoms with Crippen molar-refractivity contribution in [1.29, 1.82) is 0 Å². The van der Waals surface area contributed by atoms with Gasteiger partial charge in [-0.05, 0) is 25.0 Å². The Morgan fingerprint density at radius 1 is 1.06 bits per heavy atom. The fraction of sp³-hybridized carbons (Fsp3) is 0.440. The zero-order valence-corrected chi connectivity index (χ0v) is 20.3. The molecule has 1 N–H and O–H groups in total. The van der Waals surface area contributed by atoms with Crippen LogP contribution in [0.2, 0.25) is 5.02 Å². The zero-order chi connectivity index (χ0) is 23.2. The number of hydrogen-bond donors (Lipinski definition) is 1. The van der Waals surface area contributed by atoms with Crippen LogP contribution in [0.15, 0.2) is 41.3 Å². The summed E-state index contributed by atoms with van der Waals surface area (Å²) in [6, 6.07) is 11.0. The normalized spacial score (nSPS) is 16.1. The lowest BCUT2D eigenvalue weighted by atomic mass is 9.94. The Morgan fingerprint density at radius 3 is 2.52 bits per heavy atom. The van der Waals surface area contributed by atoms with E-state index in [0.29, 0.717) is 52.8 Å². The summed E-state index contributed by atoms with van der Waals surface area (Å²) in [4.78, 5) is 28.5. The average Bonchev–Trinajstić information content (AvgIpc) is 3.07. The van der Waals surface area contributed by atoms with Crippen LogP contribution in [0.4, 0.5) is 5.69 Å². The Kier molecular flexibility index (Phi) is 8.04. The summed E-state index contributed by atoms with van der Waals surface area (Å²) in [7, 11) is 1.89. The standard InChI is InChI=1S/C25H29ClN2O4S/c1-28(17-8-3-2-4-9-17)24(29)16-33-23-11-6-5-10-18(23)25(30)27-20-15-22-21(14-19(20)26)31-12-7-13-32-22/h5-6,10-11,14-15,17H,2-4,7-9,12-13,16H2,1H3,(H,27,30). The maximum Gasteiger partial charge on any atom is 0.256 e. The molecule has 1 aliphatic carbocycles. The van der Waals surface area contributed by atoms with Crippen LogP contribution < -0.4 is 14.8 Å². The van der Waals surface area contributed by atoms with Crippen molar-refractivity contribution >= 4 is 40.9 Å². The molecule has 1 aliphatic heterocycles. The van der Waals surface area contributed by atoms with Gasteiger partial charge in [0.1, 0.15) is 0 Å². The molecule has 4 rings (SSSR count). The van der Waals surface area contributed by atoms with Crippen molar-refractivity contribution in [3.05, 3.63) is 47.0 Å². The third kappa shape index (κ3) is 5.95. The summed E-state index contributed by atoms with van der Waals surface area (Å²) in [6.45, 7) is 1.11. The lowest BCUT2D eigenvalue weighted by Gasteiger charge is -2.31. The number of ether oxygens (including phenoxy) is 2.